The SMILES string of the molecule is CC(=O)OCn1c(=O)oc2c(N3CCN(Cc4cccc(-c5ccccc5)c4)CC3)cccc21. The highest BCUT2D eigenvalue weighted by Crippen LogP contribution is 2.28. The third kappa shape index (κ3) is 4.61. The Kier molecular flexibility index (Phi) is 6.18. The highest BCUT2D eigenvalue weighted by molar-refractivity contribution is 5.87. The lowest BCUT2D eigenvalue weighted by molar-refractivity contribution is -0.144. The molecule has 2 heterocycles. The number of benzene rings is 3. The molecule has 5 rings (SSSR count). The van der Waals surface area contributed by atoms with Gasteiger partial charge >= 0.3 is 11.7 Å². The molecule has 0 N–H and O–H groups in total. The Balaban J connectivity index is 1.27. The molecule has 0 radical (unpaired) electrons. The zero-order valence-electron chi connectivity index (χ0n) is 19.1. The smallest absolute Gasteiger partial charge is 0.422 e. The zero-order valence-corrected chi connectivity index (χ0v) is 19.1. The largest absolute Gasteiger partial charge is 0.444 e. The maximum Gasteiger partial charge on any atom is 0.422 e. The summed E-state index contributed by atoms with van der Waals surface area (Å²) in [5.41, 5.74) is 5.81. The summed E-state index contributed by atoms with van der Waals surface area (Å²) in [6, 6.07) is 24.8. The summed E-state index contributed by atoms with van der Waals surface area (Å²) in [5, 5.41) is 0. The van der Waals surface area contributed by atoms with Crippen molar-refractivity contribution in [3.8, 4) is 11.1 Å². The van der Waals surface area contributed by atoms with E-state index in [-0.39, 0.29) is 6.73 Å². The van der Waals surface area contributed by atoms with E-state index in [0.717, 1.165) is 38.4 Å². The van der Waals surface area contributed by atoms with Crippen LogP contribution in [0.2, 0.25) is 0 Å². The van der Waals surface area contributed by atoms with Crippen molar-refractivity contribution in [2.75, 3.05) is 31.1 Å². The first-order chi connectivity index (χ1) is 16.6. The number of carbonyl (C=O) groups excluding carboxylic acids is 1. The summed E-state index contributed by atoms with van der Waals surface area (Å²) in [4.78, 5) is 28.2. The summed E-state index contributed by atoms with van der Waals surface area (Å²) < 4.78 is 11.9. The van der Waals surface area contributed by atoms with Crippen LogP contribution in [0.15, 0.2) is 82.0 Å². The van der Waals surface area contributed by atoms with Crippen molar-refractivity contribution in [1.29, 1.82) is 0 Å². The average molecular weight is 458 g/mol. The van der Waals surface area contributed by atoms with E-state index in [1.165, 1.54) is 28.2 Å². The molecule has 0 unspecified atom stereocenters. The third-order valence-electron chi connectivity index (χ3n) is 6.22. The first kappa shape index (κ1) is 22.0. The van der Waals surface area contributed by atoms with Crippen molar-refractivity contribution >= 4 is 22.8 Å². The molecule has 1 aromatic heterocycles. The fourth-order valence-electron chi connectivity index (χ4n) is 4.48. The molecule has 0 aliphatic carbocycles. The quantitative estimate of drug-likeness (QED) is 0.406. The Hall–Kier alpha value is -3.84. The maximum absolute atomic E-state index is 12.3. The Labute approximate surface area is 197 Å². The summed E-state index contributed by atoms with van der Waals surface area (Å²) in [6.45, 7) is 5.53. The van der Waals surface area contributed by atoms with Crippen LogP contribution in [0.1, 0.15) is 12.5 Å². The number of hydrogen-bond acceptors (Lipinski definition) is 6. The minimum atomic E-state index is -0.527. The second-order valence-corrected chi connectivity index (χ2v) is 8.52. The van der Waals surface area contributed by atoms with Gasteiger partial charge < -0.3 is 14.1 Å². The topological polar surface area (TPSA) is 67.9 Å². The molecule has 0 amide bonds. The first-order valence-corrected chi connectivity index (χ1v) is 11.5. The molecular weight excluding hydrogens is 430 g/mol. The number of carbonyl (C=O) groups is 1. The Bertz CT molecular complexity index is 1350. The summed E-state index contributed by atoms with van der Waals surface area (Å²) in [5.74, 6) is -0.969. The lowest BCUT2D eigenvalue weighted by atomic mass is 10.0. The van der Waals surface area contributed by atoms with Gasteiger partial charge in [0.1, 0.15) is 0 Å². The molecule has 0 spiro atoms. The van der Waals surface area contributed by atoms with Crippen LogP contribution in [-0.2, 0) is 22.8 Å². The van der Waals surface area contributed by atoms with Crippen LogP contribution in [0.3, 0.4) is 0 Å². The Morgan fingerprint density at radius 2 is 1.65 bits per heavy atom. The highest BCUT2D eigenvalue weighted by atomic mass is 16.5. The maximum atomic E-state index is 12.3. The Morgan fingerprint density at radius 1 is 0.912 bits per heavy atom. The molecule has 1 aliphatic rings. The Morgan fingerprint density at radius 3 is 2.41 bits per heavy atom. The van der Waals surface area contributed by atoms with Crippen molar-refractivity contribution in [1.82, 2.24) is 9.47 Å². The number of ether oxygens (including phenoxy) is 1. The summed E-state index contributed by atoms with van der Waals surface area (Å²) in [7, 11) is 0. The van der Waals surface area contributed by atoms with E-state index in [4.69, 9.17) is 9.15 Å². The van der Waals surface area contributed by atoms with E-state index in [9.17, 15) is 9.59 Å². The van der Waals surface area contributed by atoms with E-state index in [1.807, 2.05) is 24.3 Å². The molecule has 3 aromatic carbocycles. The predicted molar refractivity (Wildman–Crippen MR) is 132 cm³/mol. The van der Waals surface area contributed by atoms with Gasteiger partial charge in [-0.2, -0.15) is 0 Å². The molecule has 0 bridgehead atoms. The van der Waals surface area contributed by atoms with Gasteiger partial charge in [0, 0.05) is 39.6 Å². The van der Waals surface area contributed by atoms with Gasteiger partial charge in [0.2, 0.25) is 0 Å². The molecule has 4 aromatic rings. The van der Waals surface area contributed by atoms with Gasteiger partial charge in [-0.1, -0.05) is 54.6 Å². The number of hydrogen-bond donors (Lipinski definition) is 0. The lowest BCUT2D eigenvalue weighted by Crippen LogP contribution is -2.46. The van der Waals surface area contributed by atoms with Crippen molar-refractivity contribution < 1.29 is 13.9 Å². The molecule has 0 atom stereocenters. The number of aromatic nitrogens is 1. The van der Waals surface area contributed by atoms with Crippen molar-refractivity contribution in [2.24, 2.45) is 0 Å². The second kappa shape index (κ2) is 9.57. The normalized spacial score (nSPS) is 14.4. The summed E-state index contributed by atoms with van der Waals surface area (Å²) >= 11 is 0. The fraction of sp³-hybridized carbons (Fsp3) is 0.259. The number of nitrogens with zero attached hydrogens (tertiary/aromatic N) is 3. The van der Waals surface area contributed by atoms with Gasteiger partial charge in [0.05, 0.1) is 11.2 Å². The van der Waals surface area contributed by atoms with E-state index in [0.29, 0.717) is 11.1 Å². The van der Waals surface area contributed by atoms with Crippen molar-refractivity contribution in [3.05, 3.63) is 88.9 Å². The average Bonchev–Trinajstić information content (AvgIpc) is 3.19. The molecule has 1 aliphatic heterocycles. The number of para-hydroxylation sites is 1. The van der Waals surface area contributed by atoms with Gasteiger partial charge in [0.25, 0.3) is 0 Å². The zero-order chi connectivity index (χ0) is 23.5. The molecule has 1 saturated heterocycles. The number of oxazole rings is 1. The minimum absolute atomic E-state index is 0.152. The number of fused-ring (bicyclic) bond motifs is 1. The van der Waals surface area contributed by atoms with Crippen molar-refractivity contribution in [2.45, 2.75) is 20.2 Å². The van der Waals surface area contributed by atoms with Crippen LogP contribution in [0.25, 0.3) is 22.2 Å². The van der Waals surface area contributed by atoms with Gasteiger partial charge in [-0.25, -0.2) is 9.36 Å². The lowest BCUT2D eigenvalue weighted by Gasteiger charge is -2.36. The molecule has 1 fully saturated rings. The van der Waals surface area contributed by atoms with Crippen LogP contribution in [0.5, 0.6) is 0 Å². The van der Waals surface area contributed by atoms with E-state index >= 15 is 0 Å². The van der Waals surface area contributed by atoms with Crippen molar-refractivity contribution in [3.63, 3.8) is 0 Å². The highest BCUT2D eigenvalue weighted by Gasteiger charge is 2.22. The van der Waals surface area contributed by atoms with E-state index in [1.54, 1.807) is 0 Å². The van der Waals surface area contributed by atoms with Gasteiger partial charge in [-0.15, -0.1) is 0 Å². The standard InChI is InChI=1S/C27H27N3O4/c1-20(31)33-19-30-25-12-6-11-24(26(25)34-27(30)32)29-15-13-28(14-16-29)18-21-7-5-10-23(17-21)22-8-3-2-4-9-22/h2-12,17H,13-16,18-19H2,1H3. The van der Waals surface area contributed by atoms with Gasteiger partial charge in [0.15, 0.2) is 12.3 Å². The van der Waals surface area contributed by atoms with Crippen LogP contribution in [0, 0.1) is 0 Å². The predicted octanol–water partition coefficient (Wildman–Crippen LogP) is 4.10. The second-order valence-electron chi connectivity index (χ2n) is 8.52. The number of esters is 1. The van der Waals surface area contributed by atoms with Crippen LogP contribution >= 0.6 is 0 Å². The van der Waals surface area contributed by atoms with Crippen LogP contribution in [0.4, 0.5) is 5.69 Å². The minimum Gasteiger partial charge on any atom is -0.444 e. The molecule has 7 nitrogen and oxygen atoms in total. The number of anilines is 1. The van der Waals surface area contributed by atoms with Gasteiger partial charge in [-0.3, -0.25) is 9.69 Å². The van der Waals surface area contributed by atoms with Gasteiger partial charge in [-0.05, 0) is 34.9 Å². The molecule has 0 saturated carbocycles. The van der Waals surface area contributed by atoms with Crippen LogP contribution < -0.4 is 10.7 Å². The van der Waals surface area contributed by atoms with E-state index < -0.39 is 11.7 Å². The summed E-state index contributed by atoms with van der Waals surface area (Å²) in [6.07, 6.45) is 0. The molecular formula is C27H27N3O4. The number of piperazine rings is 1. The van der Waals surface area contributed by atoms with E-state index in [2.05, 4.69) is 58.3 Å². The van der Waals surface area contributed by atoms with Crippen LogP contribution in [-0.4, -0.2) is 41.6 Å². The molecule has 34 heavy (non-hydrogen) atoms. The number of rotatable bonds is 6. The fourth-order valence-corrected chi connectivity index (χ4v) is 4.48. The monoisotopic (exact) mass is 457 g/mol. The molecule has 174 valence electrons. The first-order valence-electron chi connectivity index (χ1n) is 11.5. The molecule has 7 heteroatoms. The third-order valence-corrected chi connectivity index (χ3v) is 6.22.